The number of carboxylic acid groups (broad SMARTS) is 1. The average molecular weight is 223 g/mol. The van der Waals surface area contributed by atoms with Gasteiger partial charge < -0.3 is 5.11 Å². The van der Waals surface area contributed by atoms with Gasteiger partial charge in [-0.2, -0.15) is 0 Å². The molecule has 1 aliphatic heterocycles. The van der Waals surface area contributed by atoms with Crippen molar-refractivity contribution < 1.29 is 9.90 Å². The zero-order valence-electron chi connectivity index (χ0n) is 9.98. The highest BCUT2D eigenvalue weighted by atomic mass is 16.4. The molecule has 0 radical (unpaired) electrons. The van der Waals surface area contributed by atoms with Crippen LogP contribution < -0.4 is 0 Å². The van der Waals surface area contributed by atoms with Crippen molar-refractivity contribution >= 4 is 5.97 Å². The maximum Gasteiger partial charge on any atom is 0.321 e. The molecule has 2 rings (SSSR count). The second-order valence-corrected chi connectivity index (χ2v) is 5.34. The van der Waals surface area contributed by atoms with E-state index in [-0.39, 0.29) is 6.04 Å². The van der Waals surface area contributed by atoms with Crippen LogP contribution in [0.5, 0.6) is 0 Å². The van der Waals surface area contributed by atoms with Crippen LogP contribution >= 0.6 is 0 Å². The first kappa shape index (κ1) is 11.6. The van der Waals surface area contributed by atoms with Gasteiger partial charge in [0.2, 0.25) is 0 Å². The maximum atomic E-state index is 11.3. The zero-order chi connectivity index (χ0) is 11.7. The number of carboxylic acids is 1. The second-order valence-electron chi connectivity index (χ2n) is 5.34. The first-order valence-electron chi connectivity index (χ1n) is 6.21. The molecule has 0 spiro atoms. The van der Waals surface area contributed by atoms with E-state index in [0.717, 1.165) is 31.5 Å². The summed E-state index contributed by atoms with van der Waals surface area (Å²) in [5.41, 5.74) is 1.14. The van der Waals surface area contributed by atoms with Crippen LogP contribution in [0.15, 0.2) is 12.2 Å². The molecule has 1 saturated heterocycles. The van der Waals surface area contributed by atoms with Gasteiger partial charge in [0.15, 0.2) is 0 Å². The van der Waals surface area contributed by atoms with Gasteiger partial charge in [-0.1, -0.05) is 12.0 Å². The van der Waals surface area contributed by atoms with Gasteiger partial charge in [-0.25, -0.2) is 0 Å². The van der Waals surface area contributed by atoms with Crippen molar-refractivity contribution in [2.24, 2.45) is 11.8 Å². The van der Waals surface area contributed by atoms with Crippen molar-refractivity contribution in [1.82, 2.24) is 4.90 Å². The minimum Gasteiger partial charge on any atom is -0.480 e. The van der Waals surface area contributed by atoms with Gasteiger partial charge in [0.1, 0.15) is 6.04 Å². The number of rotatable bonds is 4. The van der Waals surface area contributed by atoms with E-state index in [0.29, 0.717) is 11.8 Å². The quantitative estimate of drug-likeness (QED) is 0.742. The summed E-state index contributed by atoms with van der Waals surface area (Å²) < 4.78 is 0. The zero-order valence-corrected chi connectivity index (χ0v) is 9.98. The molecule has 0 bridgehead atoms. The average Bonchev–Trinajstić information content (AvgIpc) is 2.71. The molecular weight excluding hydrogens is 202 g/mol. The Kier molecular flexibility index (Phi) is 3.33. The number of nitrogens with zero attached hydrogens (tertiary/aromatic N) is 1. The van der Waals surface area contributed by atoms with Gasteiger partial charge in [0.25, 0.3) is 0 Å². The molecule has 0 amide bonds. The summed E-state index contributed by atoms with van der Waals surface area (Å²) >= 11 is 0. The third-order valence-electron chi connectivity index (χ3n) is 4.06. The molecule has 0 aromatic rings. The maximum absolute atomic E-state index is 11.3. The standard InChI is InChI=1S/C13H21NO2/c1-9(2)6-7-14-8-10-4-3-5-11(10)12(14)13(15)16/h10-12H,1,3-8H2,2H3,(H,15,16). The highest BCUT2D eigenvalue weighted by Crippen LogP contribution is 2.42. The Labute approximate surface area is 97.1 Å². The van der Waals surface area contributed by atoms with Crippen molar-refractivity contribution in [2.75, 3.05) is 13.1 Å². The number of hydrogen-bond acceptors (Lipinski definition) is 2. The lowest BCUT2D eigenvalue weighted by molar-refractivity contribution is -0.143. The van der Waals surface area contributed by atoms with Gasteiger partial charge in [-0.3, -0.25) is 9.69 Å². The van der Waals surface area contributed by atoms with Crippen LogP contribution in [0, 0.1) is 11.8 Å². The normalized spacial score (nSPS) is 33.9. The molecule has 0 aromatic heterocycles. The molecule has 1 heterocycles. The predicted octanol–water partition coefficient (Wildman–Crippen LogP) is 2.14. The molecule has 3 unspecified atom stereocenters. The van der Waals surface area contributed by atoms with Gasteiger partial charge in [0.05, 0.1) is 0 Å². The van der Waals surface area contributed by atoms with Crippen LogP contribution in [0.1, 0.15) is 32.6 Å². The van der Waals surface area contributed by atoms with Gasteiger partial charge >= 0.3 is 5.97 Å². The van der Waals surface area contributed by atoms with Crippen LogP contribution in [0.4, 0.5) is 0 Å². The Bertz CT molecular complexity index is 300. The number of hydrogen-bond donors (Lipinski definition) is 1. The number of carbonyl (C=O) groups is 1. The summed E-state index contributed by atoms with van der Waals surface area (Å²) in [7, 11) is 0. The van der Waals surface area contributed by atoms with Crippen LogP contribution in [0.2, 0.25) is 0 Å². The summed E-state index contributed by atoms with van der Waals surface area (Å²) in [5.74, 6) is 0.407. The monoisotopic (exact) mass is 223 g/mol. The molecule has 1 N–H and O–H groups in total. The van der Waals surface area contributed by atoms with Crippen molar-refractivity contribution in [3.8, 4) is 0 Å². The smallest absolute Gasteiger partial charge is 0.321 e. The fourth-order valence-electron chi connectivity index (χ4n) is 3.30. The lowest BCUT2D eigenvalue weighted by atomic mass is 9.94. The van der Waals surface area contributed by atoms with E-state index in [2.05, 4.69) is 11.5 Å². The third kappa shape index (κ3) is 2.14. The molecule has 1 saturated carbocycles. The lowest BCUT2D eigenvalue weighted by Gasteiger charge is -2.24. The van der Waals surface area contributed by atoms with E-state index >= 15 is 0 Å². The van der Waals surface area contributed by atoms with Gasteiger partial charge in [-0.05, 0) is 38.0 Å². The first-order chi connectivity index (χ1) is 7.59. The van der Waals surface area contributed by atoms with Crippen LogP contribution in [0.3, 0.4) is 0 Å². The molecule has 3 atom stereocenters. The minimum atomic E-state index is -0.629. The number of likely N-dealkylation sites (tertiary alicyclic amines) is 1. The van der Waals surface area contributed by atoms with Gasteiger partial charge in [-0.15, -0.1) is 6.58 Å². The summed E-state index contributed by atoms with van der Waals surface area (Å²) in [4.78, 5) is 13.5. The molecular formula is C13H21NO2. The molecule has 1 aliphatic carbocycles. The molecule has 16 heavy (non-hydrogen) atoms. The number of fused-ring (bicyclic) bond motifs is 1. The third-order valence-corrected chi connectivity index (χ3v) is 4.06. The second kappa shape index (κ2) is 4.58. The largest absolute Gasteiger partial charge is 0.480 e. The summed E-state index contributed by atoms with van der Waals surface area (Å²) in [6.07, 6.45) is 4.46. The first-order valence-corrected chi connectivity index (χ1v) is 6.21. The summed E-state index contributed by atoms with van der Waals surface area (Å²) in [5, 5.41) is 9.33. The van der Waals surface area contributed by atoms with Crippen LogP contribution in [0.25, 0.3) is 0 Å². The highest BCUT2D eigenvalue weighted by Gasteiger charge is 2.47. The molecule has 90 valence electrons. The van der Waals surface area contributed by atoms with E-state index < -0.39 is 5.97 Å². The Morgan fingerprint density at radius 3 is 2.88 bits per heavy atom. The van der Waals surface area contributed by atoms with Crippen molar-refractivity contribution in [3.05, 3.63) is 12.2 Å². The molecule has 3 heteroatoms. The van der Waals surface area contributed by atoms with E-state index in [1.54, 1.807) is 0 Å². The Balaban J connectivity index is 2.02. The van der Waals surface area contributed by atoms with Crippen molar-refractivity contribution in [2.45, 2.75) is 38.6 Å². The molecule has 2 aliphatic rings. The highest BCUT2D eigenvalue weighted by molar-refractivity contribution is 5.74. The summed E-state index contributed by atoms with van der Waals surface area (Å²) in [6.45, 7) is 7.73. The molecule has 0 aromatic carbocycles. The van der Waals surface area contributed by atoms with E-state index in [1.165, 1.54) is 12.8 Å². The molecule has 3 nitrogen and oxygen atoms in total. The minimum absolute atomic E-state index is 0.230. The Morgan fingerprint density at radius 1 is 1.50 bits per heavy atom. The van der Waals surface area contributed by atoms with E-state index in [4.69, 9.17) is 0 Å². The van der Waals surface area contributed by atoms with Crippen molar-refractivity contribution in [3.63, 3.8) is 0 Å². The molecule has 2 fully saturated rings. The predicted molar refractivity (Wildman–Crippen MR) is 63.3 cm³/mol. The van der Waals surface area contributed by atoms with E-state index in [9.17, 15) is 9.90 Å². The van der Waals surface area contributed by atoms with Gasteiger partial charge in [0, 0.05) is 13.1 Å². The topological polar surface area (TPSA) is 40.5 Å². The van der Waals surface area contributed by atoms with Crippen LogP contribution in [-0.2, 0) is 4.79 Å². The Hall–Kier alpha value is -0.830. The fourth-order valence-corrected chi connectivity index (χ4v) is 3.30. The lowest BCUT2D eigenvalue weighted by Crippen LogP contribution is -2.40. The Morgan fingerprint density at radius 2 is 2.25 bits per heavy atom. The SMILES string of the molecule is C=C(C)CCN1CC2CCCC2C1C(=O)O. The summed E-state index contributed by atoms with van der Waals surface area (Å²) in [6, 6.07) is -0.230. The van der Waals surface area contributed by atoms with Crippen molar-refractivity contribution in [1.29, 1.82) is 0 Å². The van der Waals surface area contributed by atoms with Crippen LogP contribution in [-0.4, -0.2) is 35.1 Å². The van der Waals surface area contributed by atoms with E-state index in [1.807, 2.05) is 6.92 Å². The number of aliphatic carboxylic acids is 1. The fraction of sp³-hybridized carbons (Fsp3) is 0.769.